The van der Waals surface area contributed by atoms with E-state index >= 15 is 0 Å². The van der Waals surface area contributed by atoms with Crippen LogP contribution in [0.3, 0.4) is 0 Å². The molecule has 0 aliphatic carbocycles. The molecule has 2 N–H and O–H groups in total. The van der Waals surface area contributed by atoms with E-state index in [0.29, 0.717) is 6.07 Å². The van der Waals surface area contributed by atoms with Crippen molar-refractivity contribution < 1.29 is 22.5 Å². The topological polar surface area (TPSA) is 92.9 Å². The number of nitrogens with zero attached hydrogens (tertiary/aromatic N) is 3. The largest absolute Gasteiger partial charge is 0.416 e. The van der Waals surface area contributed by atoms with Crippen molar-refractivity contribution in [3.63, 3.8) is 0 Å². The zero-order chi connectivity index (χ0) is 13.9. The van der Waals surface area contributed by atoms with Crippen molar-refractivity contribution in [3.05, 3.63) is 30.1 Å². The quantitative estimate of drug-likeness (QED) is 0.874. The fraction of sp³-hybridized carbons (Fsp3) is 0.111. The predicted octanol–water partition coefficient (Wildman–Crippen LogP) is 2.13. The summed E-state index contributed by atoms with van der Waals surface area (Å²) in [6.07, 6.45) is -2.45. The average molecular weight is 273 g/mol. The Labute approximate surface area is 103 Å². The zero-order valence-corrected chi connectivity index (χ0v) is 9.10. The van der Waals surface area contributed by atoms with Crippen LogP contribution in [0, 0.1) is 0 Å². The molecule has 0 aromatic carbocycles. The lowest BCUT2D eigenvalue weighted by Gasteiger charge is -2.08. The molecule has 7 nitrogen and oxygen atoms in total. The van der Waals surface area contributed by atoms with Crippen molar-refractivity contribution in [2.75, 3.05) is 10.6 Å². The minimum atomic E-state index is -4.51. The van der Waals surface area contributed by atoms with Gasteiger partial charge in [0.15, 0.2) is 0 Å². The highest BCUT2D eigenvalue weighted by atomic mass is 19.4. The zero-order valence-electron chi connectivity index (χ0n) is 9.10. The van der Waals surface area contributed by atoms with E-state index in [2.05, 4.69) is 30.5 Å². The lowest BCUT2D eigenvalue weighted by molar-refractivity contribution is -0.137. The van der Waals surface area contributed by atoms with Crippen molar-refractivity contribution >= 4 is 17.7 Å². The molecule has 0 saturated carbocycles. The summed E-state index contributed by atoms with van der Waals surface area (Å²) in [7, 11) is 0. The number of hydrogen-bond acceptors (Lipinski definition) is 5. The first-order chi connectivity index (χ1) is 8.95. The van der Waals surface area contributed by atoms with Crippen molar-refractivity contribution in [2.45, 2.75) is 6.18 Å². The monoisotopic (exact) mass is 273 g/mol. The van der Waals surface area contributed by atoms with E-state index in [9.17, 15) is 18.0 Å². The number of nitrogens with one attached hydrogen (secondary N) is 2. The molecule has 2 aromatic heterocycles. The van der Waals surface area contributed by atoms with Crippen LogP contribution in [0.15, 0.2) is 29.0 Å². The van der Waals surface area contributed by atoms with Gasteiger partial charge in [0.2, 0.25) is 0 Å². The number of carbonyl (C=O) groups excluding carboxylic acids is 1. The molecule has 0 fully saturated rings. The van der Waals surface area contributed by atoms with E-state index in [1.807, 2.05) is 0 Å². The van der Waals surface area contributed by atoms with E-state index in [1.54, 1.807) is 0 Å². The third-order valence-electron chi connectivity index (χ3n) is 1.93. The highest BCUT2D eigenvalue weighted by Gasteiger charge is 2.30. The Kier molecular flexibility index (Phi) is 3.31. The van der Waals surface area contributed by atoms with Crippen LogP contribution in [-0.4, -0.2) is 21.4 Å². The standard InChI is InChI=1S/C9H6F3N5O2/c10-9(11,12)5-1-2-13-6(3-5)15-8(18)16-7-4-14-17-19-7/h1-4H,(H2,13,15,16,18). The first kappa shape index (κ1) is 12.8. The number of aromatic nitrogens is 3. The third kappa shape index (κ3) is 3.40. The molecule has 0 bridgehead atoms. The Morgan fingerprint density at radius 1 is 1.32 bits per heavy atom. The van der Waals surface area contributed by atoms with E-state index in [0.717, 1.165) is 18.5 Å². The number of rotatable bonds is 2. The molecular weight excluding hydrogens is 267 g/mol. The molecule has 2 heterocycles. The van der Waals surface area contributed by atoms with Crippen LogP contribution in [-0.2, 0) is 6.18 Å². The summed E-state index contributed by atoms with van der Waals surface area (Å²) in [5.41, 5.74) is -0.917. The molecule has 0 spiro atoms. The fourth-order valence-electron chi connectivity index (χ4n) is 1.16. The second kappa shape index (κ2) is 4.92. The summed E-state index contributed by atoms with van der Waals surface area (Å²) in [4.78, 5) is 15.0. The van der Waals surface area contributed by atoms with Crippen LogP contribution in [0.1, 0.15) is 5.56 Å². The van der Waals surface area contributed by atoms with E-state index in [4.69, 9.17) is 0 Å². The Hall–Kier alpha value is -2.65. The maximum atomic E-state index is 12.4. The van der Waals surface area contributed by atoms with Crippen LogP contribution < -0.4 is 10.6 Å². The Morgan fingerprint density at radius 2 is 2.11 bits per heavy atom. The number of halogens is 3. The molecule has 2 amide bonds. The summed E-state index contributed by atoms with van der Waals surface area (Å²) < 4.78 is 41.8. The van der Waals surface area contributed by atoms with Crippen molar-refractivity contribution in [3.8, 4) is 0 Å². The summed E-state index contributed by atoms with van der Waals surface area (Å²) in [6, 6.07) is 0.673. The molecule has 19 heavy (non-hydrogen) atoms. The van der Waals surface area contributed by atoms with Gasteiger partial charge in [-0.2, -0.15) is 13.2 Å². The second-order valence-electron chi connectivity index (χ2n) is 3.29. The Bertz CT molecular complexity index is 569. The molecule has 0 radical (unpaired) electrons. The Morgan fingerprint density at radius 3 is 2.74 bits per heavy atom. The lowest BCUT2D eigenvalue weighted by Crippen LogP contribution is -2.20. The molecule has 2 rings (SSSR count). The number of urea groups is 1. The molecule has 0 atom stereocenters. The lowest BCUT2D eigenvalue weighted by atomic mass is 10.2. The van der Waals surface area contributed by atoms with Gasteiger partial charge in [-0.05, 0) is 12.1 Å². The molecule has 10 heteroatoms. The highest BCUT2D eigenvalue weighted by molar-refractivity contribution is 5.98. The summed E-state index contributed by atoms with van der Waals surface area (Å²) >= 11 is 0. The third-order valence-corrected chi connectivity index (χ3v) is 1.93. The summed E-state index contributed by atoms with van der Waals surface area (Å²) in [5.74, 6) is -0.302. The molecule has 0 aliphatic heterocycles. The van der Waals surface area contributed by atoms with Gasteiger partial charge in [-0.15, -0.1) is 5.10 Å². The molecule has 0 unspecified atom stereocenters. The van der Waals surface area contributed by atoms with Crippen molar-refractivity contribution in [2.24, 2.45) is 0 Å². The number of alkyl halides is 3. The van der Waals surface area contributed by atoms with Gasteiger partial charge in [-0.3, -0.25) is 10.6 Å². The minimum absolute atomic E-state index is 0.0514. The fourth-order valence-corrected chi connectivity index (χ4v) is 1.16. The average Bonchev–Trinajstić information content (AvgIpc) is 2.80. The number of anilines is 2. The first-order valence-corrected chi connectivity index (χ1v) is 4.84. The second-order valence-corrected chi connectivity index (χ2v) is 3.29. The van der Waals surface area contributed by atoms with Gasteiger partial charge in [0.1, 0.15) is 12.0 Å². The van der Waals surface area contributed by atoms with Crippen molar-refractivity contribution in [1.82, 2.24) is 15.4 Å². The van der Waals surface area contributed by atoms with Gasteiger partial charge in [0, 0.05) is 11.5 Å². The molecular formula is C9H6F3N5O2. The maximum absolute atomic E-state index is 12.4. The molecule has 100 valence electrons. The minimum Gasteiger partial charge on any atom is -0.319 e. The van der Waals surface area contributed by atoms with Gasteiger partial charge in [-0.25, -0.2) is 9.78 Å². The van der Waals surface area contributed by atoms with E-state index < -0.39 is 17.8 Å². The highest BCUT2D eigenvalue weighted by Crippen LogP contribution is 2.29. The van der Waals surface area contributed by atoms with Gasteiger partial charge < -0.3 is 4.52 Å². The van der Waals surface area contributed by atoms with Crippen LogP contribution in [0.2, 0.25) is 0 Å². The Balaban J connectivity index is 2.05. The van der Waals surface area contributed by atoms with Crippen LogP contribution in [0.4, 0.5) is 29.7 Å². The van der Waals surface area contributed by atoms with E-state index in [-0.39, 0.29) is 11.7 Å². The maximum Gasteiger partial charge on any atom is 0.416 e. The number of amides is 2. The van der Waals surface area contributed by atoms with Crippen LogP contribution in [0.5, 0.6) is 0 Å². The van der Waals surface area contributed by atoms with Gasteiger partial charge in [0.25, 0.3) is 5.88 Å². The SMILES string of the molecule is O=C(Nc1cc(C(F)(F)F)ccn1)Nc1cnno1. The summed E-state index contributed by atoms with van der Waals surface area (Å²) in [5, 5.41) is 10.7. The van der Waals surface area contributed by atoms with E-state index in [1.165, 1.54) is 0 Å². The van der Waals surface area contributed by atoms with Crippen molar-refractivity contribution in [1.29, 1.82) is 0 Å². The molecule has 0 saturated heterocycles. The first-order valence-electron chi connectivity index (χ1n) is 4.84. The van der Waals surface area contributed by atoms with Gasteiger partial charge in [-0.1, -0.05) is 0 Å². The molecule has 2 aromatic rings. The van der Waals surface area contributed by atoms with Gasteiger partial charge in [0.05, 0.1) is 5.56 Å². The smallest absolute Gasteiger partial charge is 0.319 e. The summed E-state index contributed by atoms with van der Waals surface area (Å²) in [6.45, 7) is 0. The predicted molar refractivity (Wildman–Crippen MR) is 56.2 cm³/mol. The van der Waals surface area contributed by atoms with Crippen LogP contribution in [0.25, 0.3) is 0 Å². The van der Waals surface area contributed by atoms with Crippen LogP contribution >= 0.6 is 0 Å². The normalized spacial score (nSPS) is 11.1. The van der Waals surface area contributed by atoms with Gasteiger partial charge >= 0.3 is 12.2 Å². The molecule has 0 aliphatic rings. The number of pyridine rings is 1. The number of carbonyl (C=O) groups is 1. The number of hydrogen-bond donors (Lipinski definition) is 2.